The van der Waals surface area contributed by atoms with E-state index in [2.05, 4.69) is 20.9 Å². The highest BCUT2D eigenvalue weighted by atomic mass is 79.9. The maximum Gasteiger partial charge on any atom is 0.337 e. The topological polar surface area (TPSA) is 76.2 Å². The molecule has 2 aromatic rings. The average Bonchev–Trinajstić information content (AvgIpc) is 2.19. The van der Waals surface area contributed by atoms with Gasteiger partial charge in [0.15, 0.2) is 0 Å². The molecule has 0 saturated heterocycles. The number of hydrogen-bond acceptors (Lipinski definition) is 3. The van der Waals surface area contributed by atoms with Crippen molar-refractivity contribution in [3.63, 3.8) is 0 Å². The van der Waals surface area contributed by atoms with E-state index in [9.17, 15) is 4.79 Å². The van der Waals surface area contributed by atoms with Crippen molar-refractivity contribution < 1.29 is 9.90 Å². The van der Waals surface area contributed by atoms with Gasteiger partial charge in [-0.15, -0.1) is 0 Å². The molecular weight excluding hydrogens is 260 g/mol. The van der Waals surface area contributed by atoms with Gasteiger partial charge in [0.2, 0.25) is 0 Å². The Balaban J connectivity index is 2.96. The Morgan fingerprint density at radius 3 is 2.87 bits per heavy atom. The van der Waals surface area contributed by atoms with Crippen LogP contribution in [0.25, 0.3) is 10.8 Å². The van der Waals surface area contributed by atoms with Crippen LogP contribution in [0.4, 0.5) is 5.82 Å². The zero-order chi connectivity index (χ0) is 11.0. The van der Waals surface area contributed by atoms with Crippen LogP contribution in [0, 0.1) is 0 Å². The molecule has 0 atom stereocenters. The molecule has 0 radical (unpaired) electrons. The van der Waals surface area contributed by atoms with E-state index in [1.54, 1.807) is 18.2 Å². The highest BCUT2D eigenvalue weighted by molar-refractivity contribution is 9.10. The lowest BCUT2D eigenvalue weighted by Crippen LogP contribution is -2.02. The normalized spacial score (nSPS) is 10.5. The van der Waals surface area contributed by atoms with Crippen LogP contribution < -0.4 is 5.73 Å². The summed E-state index contributed by atoms with van der Waals surface area (Å²) in [5.74, 6) is -0.685. The summed E-state index contributed by atoms with van der Waals surface area (Å²) in [6.07, 6.45) is 1.27. The third kappa shape index (κ3) is 1.55. The second-order valence-electron chi connectivity index (χ2n) is 3.02. The van der Waals surface area contributed by atoms with Crippen LogP contribution in [-0.2, 0) is 0 Å². The predicted molar refractivity (Wildman–Crippen MR) is 60.8 cm³/mol. The van der Waals surface area contributed by atoms with Crippen molar-refractivity contribution in [2.45, 2.75) is 0 Å². The number of pyridine rings is 1. The lowest BCUT2D eigenvalue weighted by atomic mass is 10.1. The number of nitrogens with two attached hydrogens (primary N) is 1. The number of aromatic carboxylic acids is 1. The van der Waals surface area contributed by atoms with Crippen LogP contribution in [0.15, 0.2) is 28.9 Å². The van der Waals surface area contributed by atoms with E-state index in [0.29, 0.717) is 21.1 Å². The molecule has 1 aromatic heterocycles. The molecule has 4 nitrogen and oxygen atoms in total. The number of anilines is 1. The van der Waals surface area contributed by atoms with Crippen molar-refractivity contribution >= 4 is 38.5 Å². The molecule has 0 amide bonds. The Bertz CT molecular complexity index is 554. The molecule has 1 aromatic carbocycles. The zero-order valence-corrected chi connectivity index (χ0v) is 9.15. The number of rotatable bonds is 1. The van der Waals surface area contributed by atoms with Crippen molar-refractivity contribution in [2.75, 3.05) is 5.73 Å². The van der Waals surface area contributed by atoms with Crippen LogP contribution in [0.2, 0.25) is 0 Å². The Hall–Kier alpha value is -1.62. The van der Waals surface area contributed by atoms with Gasteiger partial charge in [0.05, 0.1) is 5.56 Å². The Morgan fingerprint density at radius 1 is 1.47 bits per heavy atom. The number of nitrogens with zero attached hydrogens (tertiary/aromatic N) is 1. The molecule has 0 saturated carbocycles. The molecule has 0 spiro atoms. The first-order valence-electron chi connectivity index (χ1n) is 4.17. The molecule has 1 heterocycles. The quantitative estimate of drug-likeness (QED) is 0.831. The van der Waals surface area contributed by atoms with Crippen LogP contribution in [0.3, 0.4) is 0 Å². The van der Waals surface area contributed by atoms with E-state index in [-0.39, 0.29) is 5.56 Å². The van der Waals surface area contributed by atoms with Gasteiger partial charge >= 0.3 is 5.97 Å². The maximum absolute atomic E-state index is 11.0. The lowest BCUT2D eigenvalue weighted by Gasteiger charge is -2.06. The second kappa shape index (κ2) is 3.51. The van der Waals surface area contributed by atoms with Crippen molar-refractivity contribution in [2.24, 2.45) is 0 Å². The van der Waals surface area contributed by atoms with Crippen molar-refractivity contribution in [1.82, 2.24) is 4.98 Å². The molecule has 0 aliphatic heterocycles. The van der Waals surface area contributed by atoms with Gasteiger partial charge in [-0.3, -0.25) is 0 Å². The van der Waals surface area contributed by atoms with E-state index in [4.69, 9.17) is 10.8 Å². The largest absolute Gasteiger partial charge is 0.478 e. The molecule has 0 unspecified atom stereocenters. The second-order valence-corrected chi connectivity index (χ2v) is 3.88. The van der Waals surface area contributed by atoms with E-state index in [0.717, 1.165) is 0 Å². The third-order valence-corrected chi connectivity index (χ3v) is 2.78. The van der Waals surface area contributed by atoms with E-state index >= 15 is 0 Å². The van der Waals surface area contributed by atoms with Gasteiger partial charge in [0.1, 0.15) is 5.82 Å². The molecule has 2 rings (SSSR count). The number of aromatic nitrogens is 1. The number of fused-ring (bicyclic) bond motifs is 1. The number of nitrogen functional groups attached to an aromatic ring is 1. The molecule has 0 aliphatic carbocycles. The first-order valence-corrected chi connectivity index (χ1v) is 4.96. The summed E-state index contributed by atoms with van der Waals surface area (Å²) >= 11 is 3.30. The molecule has 5 heteroatoms. The van der Waals surface area contributed by atoms with Crippen LogP contribution in [0.5, 0.6) is 0 Å². The summed E-state index contributed by atoms with van der Waals surface area (Å²) in [5.41, 5.74) is 5.81. The van der Waals surface area contributed by atoms with Gasteiger partial charge in [-0.1, -0.05) is 28.1 Å². The standard InChI is InChI=1S/C10H7BrN2O2/c11-7-3-1-2-5-8(7)6(10(14)15)4-13-9(5)12/h1-4H,(H2,12,13)(H,14,15). The number of halogens is 1. The number of hydrogen-bond donors (Lipinski definition) is 2. The van der Waals surface area contributed by atoms with Gasteiger partial charge in [-0.05, 0) is 6.07 Å². The fourth-order valence-corrected chi connectivity index (χ4v) is 2.02. The Kier molecular flexibility index (Phi) is 2.32. The van der Waals surface area contributed by atoms with Gasteiger partial charge < -0.3 is 10.8 Å². The Labute approximate surface area is 93.9 Å². The van der Waals surface area contributed by atoms with Crippen LogP contribution in [-0.4, -0.2) is 16.1 Å². The first-order chi connectivity index (χ1) is 7.11. The van der Waals surface area contributed by atoms with Gasteiger partial charge in [0.25, 0.3) is 0 Å². The third-order valence-electron chi connectivity index (χ3n) is 2.12. The first kappa shape index (κ1) is 9.92. The molecule has 0 bridgehead atoms. The highest BCUT2D eigenvalue weighted by Crippen LogP contribution is 2.29. The lowest BCUT2D eigenvalue weighted by molar-refractivity contribution is 0.0698. The van der Waals surface area contributed by atoms with Crippen molar-refractivity contribution in [3.8, 4) is 0 Å². The fraction of sp³-hybridized carbons (Fsp3) is 0. The number of carboxylic acids is 1. The summed E-state index contributed by atoms with van der Waals surface area (Å²) in [5, 5.41) is 10.2. The summed E-state index contributed by atoms with van der Waals surface area (Å²) in [6.45, 7) is 0. The van der Waals surface area contributed by atoms with Crippen LogP contribution >= 0.6 is 15.9 Å². The van der Waals surface area contributed by atoms with E-state index in [1.165, 1.54) is 6.20 Å². The molecule has 76 valence electrons. The summed E-state index contributed by atoms with van der Waals surface area (Å²) in [4.78, 5) is 14.8. The number of benzene rings is 1. The monoisotopic (exact) mass is 266 g/mol. The molecular formula is C10H7BrN2O2. The summed E-state index contributed by atoms with van der Waals surface area (Å²) in [6, 6.07) is 5.30. The van der Waals surface area contributed by atoms with Gasteiger partial charge in [0, 0.05) is 21.4 Å². The van der Waals surface area contributed by atoms with Gasteiger partial charge in [-0.25, -0.2) is 9.78 Å². The predicted octanol–water partition coefficient (Wildman–Crippen LogP) is 2.28. The SMILES string of the molecule is Nc1ncc(C(=O)O)c2c(Br)cccc12. The van der Waals surface area contributed by atoms with E-state index < -0.39 is 5.97 Å². The van der Waals surface area contributed by atoms with Crippen LogP contribution in [0.1, 0.15) is 10.4 Å². The van der Waals surface area contributed by atoms with E-state index in [1.807, 2.05) is 0 Å². The van der Waals surface area contributed by atoms with Crippen molar-refractivity contribution in [3.05, 3.63) is 34.4 Å². The molecule has 0 fully saturated rings. The minimum Gasteiger partial charge on any atom is -0.478 e. The van der Waals surface area contributed by atoms with Gasteiger partial charge in [-0.2, -0.15) is 0 Å². The minimum atomic E-state index is -1.01. The highest BCUT2D eigenvalue weighted by Gasteiger charge is 2.13. The zero-order valence-electron chi connectivity index (χ0n) is 7.57. The molecule has 3 N–H and O–H groups in total. The summed E-state index contributed by atoms with van der Waals surface area (Å²) < 4.78 is 0.700. The fourth-order valence-electron chi connectivity index (χ4n) is 1.44. The molecule has 0 aliphatic rings. The molecule has 15 heavy (non-hydrogen) atoms. The average molecular weight is 267 g/mol. The van der Waals surface area contributed by atoms with Crippen molar-refractivity contribution in [1.29, 1.82) is 0 Å². The smallest absolute Gasteiger partial charge is 0.337 e. The summed E-state index contributed by atoms with van der Waals surface area (Å²) in [7, 11) is 0. The minimum absolute atomic E-state index is 0.145. The maximum atomic E-state index is 11.0. The number of carbonyl (C=O) groups is 1. The number of carboxylic acid groups (broad SMARTS) is 1. The Morgan fingerprint density at radius 2 is 2.20 bits per heavy atom.